The number of anilines is 3. The van der Waals surface area contributed by atoms with Gasteiger partial charge < -0.3 is 15.0 Å². The molecule has 0 radical (unpaired) electrons. The molecule has 14 nitrogen and oxygen atoms in total. The fourth-order valence-electron chi connectivity index (χ4n) is 7.73. The van der Waals surface area contributed by atoms with Gasteiger partial charge in [-0.15, -0.1) is 0 Å². The number of amides is 4. The summed E-state index contributed by atoms with van der Waals surface area (Å²) < 4.78 is 67.4. The Morgan fingerprint density at radius 1 is 0.964 bits per heavy atom. The van der Waals surface area contributed by atoms with Gasteiger partial charge in [0.05, 0.1) is 22.8 Å². The molecule has 3 N–H and O–H groups in total. The third-order valence-corrected chi connectivity index (χ3v) is 11.9. The minimum Gasteiger partial charge on any atom is -0.487 e. The Bertz CT molecular complexity index is 2540. The number of rotatable bonds is 9. The molecule has 3 saturated heterocycles. The normalized spacial score (nSPS) is 18.7. The molecule has 0 saturated carbocycles. The quantitative estimate of drug-likeness (QED) is 0.182. The average molecular weight is 786 g/mol. The van der Waals surface area contributed by atoms with Gasteiger partial charge in [-0.25, -0.2) is 17.8 Å². The number of nitrogens with zero attached hydrogens (tertiary/aromatic N) is 4. The van der Waals surface area contributed by atoms with Crippen LogP contribution < -0.4 is 29.3 Å². The van der Waals surface area contributed by atoms with Crippen LogP contribution in [0.2, 0.25) is 0 Å². The van der Waals surface area contributed by atoms with Crippen molar-refractivity contribution < 1.29 is 41.1 Å². The Morgan fingerprint density at radius 3 is 2.45 bits per heavy atom. The predicted octanol–water partition coefficient (Wildman–Crippen LogP) is 4.53. The van der Waals surface area contributed by atoms with E-state index in [0.29, 0.717) is 70.0 Å². The highest BCUT2D eigenvalue weighted by Gasteiger charge is 2.38. The monoisotopic (exact) mass is 785 g/mol. The summed E-state index contributed by atoms with van der Waals surface area (Å²) in [6, 6.07) is 18.2. The number of piperidine rings is 2. The number of fused-ring (bicyclic) bond motifs is 2. The Kier molecular flexibility index (Phi) is 9.56. The predicted molar refractivity (Wildman–Crippen MR) is 203 cm³/mol. The van der Waals surface area contributed by atoms with E-state index in [2.05, 4.69) is 15.7 Å². The molecule has 3 aliphatic rings. The lowest BCUT2D eigenvalue weighted by molar-refractivity contribution is -0.134. The highest BCUT2D eigenvalue weighted by molar-refractivity contribution is 7.92. The van der Waals surface area contributed by atoms with Gasteiger partial charge in [-0.1, -0.05) is 30.3 Å². The molecule has 17 heteroatoms. The summed E-state index contributed by atoms with van der Waals surface area (Å²) in [7, 11) is -2.62. The van der Waals surface area contributed by atoms with E-state index in [4.69, 9.17) is 4.74 Å². The zero-order valence-corrected chi connectivity index (χ0v) is 31.0. The summed E-state index contributed by atoms with van der Waals surface area (Å²) in [6.07, 6.45) is 1.96. The Balaban J connectivity index is 0.949. The lowest BCUT2D eigenvalue weighted by atomic mass is 9.92. The number of hydrogen-bond acceptors (Lipinski definition) is 9. The fourth-order valence-corrected chi connectivity index (χ4v) is 8.89. The molecule has 8 rings (SSSR count). The molecule has 0 aliphatic carbocycles. The van der Waals surface area contributed by atoms with Crippen LogP contribution in [0.3, 0.4) is 0 Å². The van der Waals surface area contributed by atoms with Crippen molar-refractivity contribution in [3.63, 3.8) is 0 Å². The minimum absolute atomic E-state index is 0.000635. The molecule has 1 aromatic heterocycles. The van der Waals surface area contributed by atoms with Crippen molar-refractivity contribution in [3.05, 3.63) is 89.6 Å². The smallest absolute Gasteiger partial charge is 0.326 e. The van der Waals surface area contributed by atoms with Crippen molar-refractivity contribution >= 4 is 72.6 Å². The number of benzene rings is 4. The number of aryl methyl sites for hydroxylation is 1. The lowest BCUT2D eigenvalue weighted by Crippen LogP contribution is -2.39. The van der Waals surface area contributed by atoms with Crippen molar-refractivity contribution in [1.82, 2.24) is 19.8 Å². The number of ether oxygens (including phenoxy) is 1. The fraction of sp³-hybridized carbons (Fsp3) is 0.308. The van der Waals surface area contributed by atoms with E-state index in [1.807, 2.05) is 15.7 Å². The number of hydrogen-bond donors (Lipinski definition) is 3. The Hall–Kier alpha value is -6.10. The molecule has 1 unspecified atom stereocenters. The van der Waals surface area contributed by atoms with E-state index < -0.39 is 51.8 Å². The largest absolute Gasteiger partial charge is 0.487 e. The Morgan fingerprint density at radius 2 is 1.73 bits per heavy atom. The summed E-state index contributed by atoms with van der Waals surface area (Å²) in [5.74, 6) is -3.89. The van der Waals surface area contributed by atoms with E-state index in [0.717, 1.165) is 5.56 Å². The second-order valence-electron chi connectivity index (χ2n) is 14.3. The number of nitrogens with one attached hydrogen (secondary N) is 3. The van der Waals surface area contributed by atoms with Crippen LogP contribution in [-0.2, 0) is 43.0 Å². The van der Waals surface area contributed by atoms with Gasteiger partial charge in [0.25, 0.3) is 5.91 Å². The lowest BCUT2D eigenvalue weighted by Gasteiger charge is -2.33. The molecule has 290 valence electrons. The van der Waals surface area contributed by atoms with Gasteiger partial charge in [-0.05, 0) is 72.5 Å². The van der Waals surface area contributed by atoms with Gasteiger partial charge in [0.15, 0.2) is 5.82 Å². The third-order valence-electron chi connectivity index (χ3n) is 10.6. The molecule has 56 heavy (non-hydrogen) atoms. The second-order valence-corrected chi connectivity index (χ2v) is 15.9. The van der Waals surface area contributed by atoms with Crippen molar-refractivity contribution in [1.29, 1.82) is 0 Å². The summed E-state index contributed by atoms with van der Waals surface area (Å²) >= 11 is 0. The molecule has 3 aliphatic heterocycles. The van der Waals surface area contributed by atoms with Crippen LogP contribution in [0.15, 0.2) is 66.7 Å². The summed E-state index contributed by atoms with van der Waals surface area (Å²) in [6.45, 7) is 0.408. The molecule has 0 spiro atoms. The average Bonchev–Trinajstić information content (AvgIpc) is 3.62. The van der Waals surface area contributed by atoms with Gasteiger partial charge in [-0.2, -0.15) is 13.5 Å². The van der Waals surface area contributed by atoms with Gasteiger partial charge in [-0.3, -0.25) is 29.2 Å². The first-order valence-electron chi connectivity index (χ1n) is 18.2. The molecule has 4 heterocycles. The maximum Gasteiger partial charge on any atom is 0.326 e. The van der Waals surface area contributed by atoms with Crippen LogP contribution in [0, 0.1) is 17.6 Å². The maximum absolute atomic E-state index is 16.2. The van der Waals surface area contributed by atoms with Gasteiger partial charge in [0, 0.05) is 49.4 Å². The standard InChI is InChI=1S/C39H37F2N7O7S/c1-46-30-19-31(29(40)18-28(30)37(44-46)27-9-10-33(49)43-39(27)52)47-13-11-22(12-14-47)15-34(50)42-25-7-8-26-24(16-25)17-32(55-21-23-5-3-2-4-6-23)38(36(26)41)48-20-35(51)45-56(48,53)54/h2-8,16-19,22,27H,9-15,20-21H2,1H3,(H,42,50)(H,45,51)(H,43,49,52). The molecular weight excluding hydrogens is 749 g/mol. The van der Waals surface area contributed by atoms with Crippen LogP contribution in [0.4, 0.5) is 25.8 Å². The summed E-state index contributed by atoms with van der Waals surface area (Å²) in [5, 5.41) is 10.7. The van der Waals surface area contributed by atoms with Crippen molar-refractivity contribution in [2.75, 3.05) is 34.2 Å². The van der Waals surface area contributed by atoms with Crippen LogP contribution in [0.1, 0.15) is 49.3 Å². The number of carbonyl (C=O) groups excluding carboxylic acids is 4. The van der Waals surface area contributed by atoms with Gasteiger partial charge in [0.1, 0.15) is 30.4 Å². The van der Waals surface area contributed by atoms with Crippen molar-refractivity contribution in [2.45, 2.75) is 44.6 Å². The number of halogens is 2. The SMILES string of the molecule is Cn1nc(C2CCC(=O)NC2=O)c2cc(F)c(N3CCC(CC(=O)Nc4ccc5c(F)c(N6CC(=O)NS6(=O)=O)c(OCc6ccccc6)cc5c4)CC3)cc21. The van der Waals surface area contributed by atoms with Gasteiger partial charge >= 0.3 is 10.2 Å². The zero-order chi connectivity index (χ0) is 39.3. The molecule has 4 aromatic carbocycles. The summed E-state index contributed by atoms with van der Waals surface area (Å²) in [4.78, 5) is 51.4. The van der Waals surface area contributed by atoms with E-state index in [1.54, 1.807) is 48.1 Å². The highest BCUT2D eigenvalue weighted by Crippen LogP contribution is 2.41. The first-order valence-corrected chi connectivity index (χ1v) is 19.6. The van der Waals surface area contributed by atoms with Crippen molar-refractivity contribution in [3.8, 4) is 5.75 Å². The molecule has 4 amide bonds. The topological polar surface area (TPSA) is 172 Å². The van der Waals surface area contributed by atoms with Crippen LogP contribution >= 0.6 is 0 Å². The third kappa shape index (κ3) is 7.09. The molecule has 1 atom stereocenters. The van der Waals surface area contributed by atoms with Crippen LogP contribution in [0.25, 0.3) is 21.7 Å². The minimum atomic E-state index is -4.35. The number of aromatic nitrogens is 2. The van der Waals surface area contributed by atoms with Crippen LogP contribution in [0.5, 0.6) is 5.75 Å². The van der Waals surface area contributed by atoms with Crippen molar-refractivity contribution in [2.24, 2.45) is 13.0 Å². The number of imide groups is 1. The second kappa shape index (κ2) is 14.5. The first-order chi connectivity index (χ1) is 26.8. The molecule has 5 aromatic rings. The van der Waals surface area contributed by atoms with Gasteiger partial charge in [0.2, 0.25) is 17.7 Å². The molecule has 3 fully saturated rings. The van der Waals surface area contributed by atoms with E-state index in [9.17, 15) is 27.6 Å². The van der Waals surface area contributed by atoms with E-state index in [-0.39, 0.29) is 48.3 Å². The molecular formula is C39H37F2N7O7S. The van der Waals surface area contributed by atoms with E-state index in [1.165, 1.54) is 24.3 Å². The zero-order valence-electron chi connectivity index (χ0n) is 30.2. The Labute approximate surface area is 319 Å². The highest BCUT2D eigenvalue weighted by atomic mass is 32.2. The maximum atomic E-state index is 16.2. The molecule has 0 bridgehead atoms. The summed E-state index contributed by atoms with van der Waals surface area (Å²) in [5.41, 5.74) is 2.26. The van der Waals surface area contributed by atoms with E-state index >= 15 is 8.78 Å². The first kappa shape index (κ1) is 36.9. The van der Waals surface area contributed by atoms with Crippen LogP contribution in [-0.4, -0.2) is 61.5 Å². The number of carbonyl (C=O) groups is 4.